The van der Waals surface area contributed by atoms with Crippen LogP contribution in [0.2, 0.25) is 0 Å². The molecule has 0 aliphatic rings. The zero-order valence-electron chi connectivity index (χ0n) is 13.7. The van der Waals surface area contributed by atoms with Crippen LogP contribution in [0.3, 0.4) is 0 Å². The second-order valence-electron chi connectivity index (χ2n) is 5.69. The molecule has 4 rings (SSSR count). The summed E-state index contributed by atoms with van der Waals surface area (Å²) in [5, 5.41) is 6.08. The SMILES string of the molecule is FC(F)(F)c1ccc(Nc2nc(Nc3ccccc3)c3[nH]cnc3n2)cc1. The third kappa shape index (κ3) is 3.66. The van der Waals surface area contributed by atoms with Gasteiger partial charge in [0.2, 0.25) is 5.95 Å². The number of anilines is 4. The molecule has 0 amide bonds. The first-order valence-electron chi connectivity index (χ1n) is 7.96. The molecule has 0 atom stereocenters. The Labute approximate surface area is 151 Å². The Morgan fingerprint density at radius 2 is 1.52 bits per heavy atom. The van der Waals surface area contributed by atoms with Gasteiger partial charge in [-0.05, 0) is 36.4 Å². The highest BCUT2D eigenvalue weighted by atomic mass is 19.4. The van der Waals surface area contributed by atoms with E-state index in [9.17, 15) is 13.2 Å². The Hall–Kier alpha value is -3.62. The van der Waals surface area contributed by atoms with Gasteiger partial charge in [-0.2, -0.15) is 23.1 Å². The Morgan fingerprint density at radius 1 is 0.815 bits per heavy atom. The topological polar surface area (TPSA) is 78.5 Å². The van der Waals surface area contributed by atoms with Gasteiger partial charge >= 0.3 is 6.18 Å². The van der Waals surface area contributed by atoms with E-state index in [-0.39, 0.29) is 5.95 Å². The number of H-pyrrole nitrogens is 1. The first kappa shape index (κ1) is 16.8. The van der Waals surface area contributed by atoms with Gasteiger partial charge in [-0.1, -0.05) is 18.2 Å². The molecule has 0 aliphatic heterocycles. The average Bonchev–Trinajstić information content (AvgIpc) is 3.11. The number of hydrogen-bond acceptors (Lipinski definition) is 5. The molecule has 0 saturated heterocycles. The smallest absolute Gasteiger partial charge is 0.340 e. The Kier molecular flexibility index (Phi) is 4.11. The van der Waals surface area contributed by atoms with Crippen LogP contribution in [0.25, 0.3) is 11.2 Å². The number of imidazole rings is 1. The lowest BCUT2D eigenvalue weighted by Gasteiger charge is -2.11. The van der Waals surface area contributed by atoms with Crippen LogP contribution in [0.5, 0.6) is 0 Å². The number of nitrogens with zero attached hydrogens (tertiary/aromatic N) is 3. The molecule has 0 spiro atoms. The van der Waals surface area contributed by atoms with Gasteiger partial charge in [-0.15, -0.1) is 0 Å². The van der Waals surface area contributed by atoms with E-state index in [1.807, 2.05) is 30.3 Å². The number of aromatic amines is 1. The lowest BCUT2D eigenvalue weighted by molar-refractivity contribution is -0.137. The number of para-hydroxylation sites is 1. The molecule has 0 saturated carbocycles. The molecule has 9 heteroatoms. The predicted octanol–water partition coefficient (Wildman–Crippen LogP) is 4.86. The molecule has 0 aliphatic carbocycles. The molecule has 136 valence electrons. The third-order valence-corrected chi connectivity index (χ3v) is 3.79. The molecule has 0 bridgehead atoms. The van der Waals surface area contributed by atoms with Gasteiger partial charge in [0.05, 0.1) is 11.9 Å². The van der Waals surface area contributed by atoms with Crippen molar-refractivity contribution in [1.29, 1.82) is 0 Å². The van der Waals surface area contributed by atoms with E-state index in [0.29, 0.717) is 22.7 Å². The van der Waals surface area contributed by atoms with Crippen LogP contribution in [0.4, 0.5) is 36.3 Å². The minimum atomic E-state index is -4.38. The van der Waals surface area contributed by atoms with Crippen molar-refractivity contribution in [2.24, 2.45) is 0 Å². The first-order valence-corrected chi connectivity index (χ1v) is 7.96. The number of halogens is 3. The number of alkyl halides is 3. The van der Waals surface area contributed by atoms with E-state index >= 15 is 0 Å². The van der Waals surface area contributed by atoms with Crippen molar-refractivity contribution in [3.63, 3.8) is 0 Å². The van der Waals surface area contributed by atoms with E-state index in [2.05, 4.69) is 30.6 Å². The van der Waals surface area contributed by atoms with Crippen LogP contribution >= 0.6 is 0 Å². The zero-order chi connectivity index (χ0) is 18.9. The molecular weight excluding hydrogens is 357 g/mol. The molecule has 4 aromatic rings. The number of fused-ring (bicyclic) bond motifs is 1. The summed E-state index contributed by atoms with van der Waals surface area (Å²) in [5.74, 6) is 0.714. The van der Waals surface area contributed by atoms with Gasteiger partial charge in [-0.25, -0.2) is 4.98 Å². The van der Waals surface area contributed by atoms with Crippen LogP contribution in [-0.4, -0.2) is 19.9 Å². The second-order valence-corrected chi connectivity index (χ2v) is 5.69. The predicted molar refractivity (Wildman–Crippen MR) is 96.1 cm³/mol. The minimum absolute atomic E-state index is 0.216. The van der Waals surface area contributed by atoms with Crippen LogP contribution in [0, 0.1) is 0 Å². The van der Waals surface area contributed by atoms with Crippen LogP contribution in [0.15, 0.2) is 60.9 Å². The van der Waals surface area contributed by atoms with Crippen molar-refractivity contribution in [3.8, 4) is 0 Å². The summed E-state index contributed by atoms with van der Waals surface area (Å²) in [4.78, 5) is 15.8. The summed E-state index contributed by atoms with van der Waals surface area (Å²) in [6.07, 6.45) is -2.88. The fourth-order valence-corrected chi connectivity index (χ4v) is 2.51. The minimum Gasteiger partial charge on any atom is -0.340 e. The molecular formula is C18H13F3N6. The Morgan fingerprint density at radius 3 is 2.22 bits per heavy atom. The highest BCUT2D eigenvalue weighted by molar-refractivity contribution is 5.86. The lowest BCUT2D eigenvalue weighted by atomic mass is 10.2. The van der Waals surface area contributed by atoms with Gasteiger partial charge < -0.3 is 15.6 Å². The maximum atomic E-state index is 12.7. The summed E-state index contributed by atoms with van der Waals surface area (Å²) in [6.45, 7) is 0. The fraction of sp³-hybridized carbons (Fsp3) is 0.0556. The molecule has 2 heterocycles. The fourth-order valence-electron chi connectivity index (χ4n) is 2.51. The van der Waals surface area contributed by atoms with E-state index in [4.69, 9.17) is 0 Å². The van der Waals surface area contributed by atoms with E-state index in [1.54, 1.807) is 0 Å². The zero-order valence-corrected chi connectivity index (χ0v) is 13.7. The molecule has 2 aromatic heterocycles. The van der Waals surface area contributed by atoms with Crippen molar-refractivity contribution >= 4 is 34.3 Å². The molecule has 0 fully saturated rings. The molecule has 27 heavy (non-hydrogen) atoms. The van der Waals surface area contributed by atoms with E-state index < -0.39 is 11.7 Å². The van der Waals surface area contributed by atoms with Crippen molar-refractivity contribution in [3.05, 3.63) is 66.5 Å². The highest BCUT2D eigenvalue weighted by Gasteiger charge is 2.29. The molecule has 3 N–H and O–H groups in total. The third-order valence-electron chi connectivity index (χ3n) is 3.79. The van der Waals surface area contributed by atoms with Crippen LogP contribution < -0.4 is 10.6 Å². The highest BCUT2D eigenvalue weighted by Crippen LogP contribution is 2.30. The van der Waals surface area contributed by atoms with Gasteiger partial charge in [0, 0.05) is 11.4 Å². The number of benzene rings is 2. The molecule has 2 aromatic carbocycles. The largest absolute Gasteiger partial charge is 0.416 e. The number of nitrogens with one attached hydrogen (secondary N) is 3. The van der Waals surface area contributed by atoms with Crippen molar-refractivity contribution in [2.75, 3.05) is 10.6 Å². The normalized spacial score (nSPS) is 11.5. The van der Waals surface area contributed by atoms with E-state index in [1.165, 1.54) is 18.5 Å². The van der Waals surface area contributed by atoms with E-state index in [0.717, 1.165) is 17.8 Å². The molecule has 6 nitrogen and oxygen atoms in total. The molecule has 0 unspecified atom stereocenters. The number of rotatable bonds is 4. The average molecular weight is 370 g/mol. The summed E-state index contributed by atoms with van der Waals surface area (Å²) in [7, 11) is 0. The monoisotopic (exact) mass is 370 g/mol. The number of hydrogen-bond donors (Lipinski definition) is 3. The molecule has 0 radical (unpaired) electrons. The summed E-state index contributed by atoms with van der Waals surface area (Å²) < 4.78 is 38.0. The second kappa shape index (κ2) is 6.60. The lowest BCUT2D eigenvalue weighted by Crippen LogP contribution is -2.05. The van der Waals surface area contributed by atoms with Gasteiger partial charge in [0.1, 0.15) is 5.52 Å². The summed E-state index contributed by atoms with van der Waals surface area (Å²) in [6, 6.07) is 14.1. The summed E-state index contributed by atoms with van der Waals surface area (Å²) >= 11 is 0. The van der Waals surface area contributed by atoms with Crippen molar-refractivity contribution < 1.29 is 13.2 Å². The van der Waals surface area contributed by atoms with Crippen LogP contribution in [0.1, 0.15) is 5.56 Å². The maximum absolute atomic E-state index is 12.7. The summed E-state index contributed by atoms with van der Waals surface area (Å²) in [5.41, 5.74) is 1.59. The van der Waals surface area contributed by atoms with Crippen LogP contribution in [-0.2, 0) is 6.18 Å². The van der Waals surface area contributed by atoms with Gasteiger partial charge in [-0.3, -0.25) is 0 Å². The number of aromatic nitrogens is 4. The standard InChI is InChI=1S/C18H13F3N6/c19-18(20,21)11-6-8-13(9-7-11)25-17-26-15-14(22-10-23-15)16(27-17)24-12-4-2-1-3-5-12/h1-10H,(H3,22,23,24,25,26,27). The quantitative estimate of drug-likeness (QED) is 0.478. The first-order chi connectivity index (χ1) is 13.0. The Balaban J connectivity index is 1.64. The van der Waals surface area contributed by atoms with Crippen molar-refractivity contribution in [1.82, 2.24) is 19.9 Å². The van der Waals surface area contributed by atoms with Gasteiger partial charge in [0.25, 0.3) is 0 Å². The Bertz CT molecular complexity index is 1060. The van der Waals surface area contributed by atoms with Crippen molar-refractivity contribution in [2.45, 2.75) is 6.18 Å². The van der Waals surface area contributed by atoms with Gasteiger partial charge in [0.15, 0.2) is 11.5 Å². The maximum Gasteiger partial charge on any atom is 0.416 e.